The average molecular weight is 203 g/mol. The third kappa shape index (κ3) is 1.93. The zero-order valence-corrected chi connectivity index (χ0v) is 10.1. The van der Waals surface area contributed by atoms with Gasteiger partial charge in [0.25, 0.3) is 0 Å². The van der Waals surface area contributed by atoms with E-state index in [0.29, 0.717) is 6.04 Å². The molecule has 1 nitrogen and oxygen atoms in total. The monoisotopic (exact) mass is 203 g/mol. The quantitative estimate of drug-likeness (QED) is 0.729. The third-order valence-electron chi connectivity index (χ3n) is 3.70. The summed E-state index contributed by atoms with van der Waals surface area (Å²) in [6.07, 6.45) is 3.71. The molecule has 0 heterocycles. The summed E-state index contributed by atoms with van der Waals surface area (Å²) >= 11 is 0. The molecule has 1 aromatic carbocycles. The van der Waals surface area contributed by atoms with Crippen LogP contribution in [0.3, 0.4) is 0 Å². The maximum atomic E-state index is 2.46. The molecular formula is C14H21N. The lowest BCUT2D eigenvalue weighted by atomic mass is 10.0. The minimum atomic E-state index is 0.663. The van der Waals surface area contributed by atoms with E-state index in [4.69, 9.17) is 0 Å². The molecule has 0 aliphatic heterocycles. The molecule has 0 radical (unpaired) electrons. The average Bonchev–Trinajstić information content (AvgIpc) is 2.70. The van der Waals surface area contributed by atoms with Gasteiger partial charge in [-0.1, -0.05) is 32.0 Å². The standard InChI is InChI=1S/C14H21N/c1-4-11-6-7-12-8-9-14(13(12)10-11)15(3)5-2/h6-7,10,14H,4-5,8-9H2,1-3H3. The van der Waals surface area contributed by atoms with Crippen LogP contribution in [0.1, 0.15) is 43.0 Å². The van der Waals surface area contributed by atoms with Crippen molar-refractivity contribution in [2.45, 2.75) is 39.2 Å². The van der Waals surface area contributed by atoms with Crippen molar-refractivity contribution >= 4 is 0 Å². The fraction of sp³-hybridized carbons (Fsp3) is 0.571. The van der Waals surface area contributed by atoms with Gasteiger partial charge in [-0.3, -0.25) is 4.90 Å². The van der Waals surface area contributed by atoms with Gasteiger partial charge in [-0.2, -0.15) is 0 Å². The largest absolute Gasteiger partial charge is 0.300 e. The number of nitrogens with zero attached hydrogens (tertiary/aromatic N) is 1. The van der Waals surface area contributed by atoms with E-state index in [1.807, 2.05) is 0 Å². The first kappa shape index (κ1) is 10.7. The highest BCUT2D eigenvalue weighted by Gasteiger charge is 2.24. The Morgan fingerprint density at radius 1 is 1.33 bits per heavy atom. The van der Waals surface area contributed by atoms with Crippen LogP contribution >= 0.6 is 0 Å². The van der Waals surface area contributed by atoms with Gasteiger partial charge in [0.2, 0.25) is 0 Å². The highest BCUT2D eigenvalue weighted by atomic mass is 15.1. The van der Waals surface area contributed by atoms with Crippen molar-refractivity contribution in [1.29, 1.82) is 0 Å². The SMILES string of the molecule is CCc1ccc2c(c1)C(N(C)CC)CC2. The van der Waals surface area contributed by atoms with Crippen molar-refractivity contribution in [3.8, 4) is 0 Å². The summed E-state index contributed by atoms with van der Waals surface area (Å²) in [7, 11) is 2.23. The van der Waals surface area contributed by atoms with Gasteiger partial charge in [0, 0.05) is 6.04 Å². The lowest BCUT2D eigenvalue weighted by Gasteiger charge is -2.23. The van der Waals surface area contributed by atoms with Crippen molar-refractivity contribution in [3.05, 3.63) is 34.9 Å². The number of hydrogen-bond donors (Lipinski definition) is 0. The summed E-state index contributed by atoms with van der Waals surface area (Å²) in [5.41, 5.74) is 4.63. The van der Waals surface area contributed by atoms with Gasteiger partial charge in [-0.25, -0.2) is 0 Å². The van der Waals surface area contributed by atoms with Crippen molar-refractivity contribution in [1.82, 2.24) is 4.90 Å². The van der Waals surface area contributed by atoms with Crippen LogP contribution in [0.25, 0.3) is 0 Å². The Morgan fingerprint density at radius 3 is 2.80 bits per heavy atom. The maximum Gasteiger partial charge on any atom is 0.0350 e. The van der Waals surface area contributed by atoms with E-state index in [1.165, 1.54) is 18.4 Å². The molecule has 0 saturated heterocycles. The van der Waals surface area contributed by atoms with Gasteiger partial charge in [0.05, 0.1) is 0 Å². The Hall–Kier alpha value is -0.820. The molecule has 1 aliphatic carbocycles. The van der Waals surface area contributed by atoms with Crippen LogP contribution in [0.5, 0.6) is 0 Å². The number of hydrogen-bond acceptors (Lipinski definition) is 1. The van der Waals surface area contributed by atoms with Gasteiger partial charge in [-0.15, -0.1) is 0 Å². The van der Waals surface area contributed by atoms with Gasteiger partial charge in [0.15, 0.2) is 0 Å². The molecule has 0 spiro atoms. The Balaban J connectivity index is 2.31. The summed E-state index contributed by atoms with van der Waals surface area (Å²) in [5, 5.41) is 0. The smallest absolute Gasteiger partial charge is 0.0350 e. The van der Waals surface area contributed by atoms with E-state index in [0.717, 1.165) is 13.0 Å². The fourth-order valence-corrected chi connectivity index (χ4v) is 2.53. The van der Waals surface area contributed by atoms with Crippen LogP contribution in [-0.4, -0.2) is 18.5 Å². The molecule has 0 bridgehead atoms. The molecule has 82 valence electrons. The molecule has 0 aromatic heterocycles. The van der Waals surface area contributed by atoms with Gasteiger partial charge >= 0.3 is 0 Å². The first-order valence-electron chi connectivity index (χ1n) is 6.08. The molecule has 0 amide bonds. The van der Waals surface area contributed by atoms with Crippen LogP contribution in [0.15, 0.2) is 18.2 Å². The number of benzene rings is 1. The third-order valence-corrected chi connectivity index (χ3v) is 3.70. The molecule has 0 N–H and O–H groups in total. The van der Waals surface area contributed by atoms with Gasteiger partial charge in [-0.05, 0) is 49.5 Å². The lowest BCUT2D eigenvalue weighted by Crippen LogP contribution is -2.22. The summed E-state index contributed by atoms with van der Waals surface area (Å²) in [4.78, 5) is 2.46. The maximum absolute atomic E-state index is 2.46. The van der Waals surface area contributed by atoms with Crippen LogP contribution in [0.4, 0.5) is 0 Å². The molecule has 1 unspecified atom stereocenters. The Labute approximate surface area is 93.1 Å². The van der Waals surface area contributed by atoms with E-state index in [2.05, 4.69) is 44.0 Å². The zero-order valence-electron chi connectivity index (χ0n) is 10.1. The first-order valence-corrected chi connectivity index (χ1v) is 6.08. The van der Waals surface area contributed by atoms with E-state index in [9.17, 15) is 0 Å². The predicted molar refractivity (Wildman–Crippen MR) is 65.2 cm³/mol. The van der Waals surface area contributed by atoms with Crippen LogP contribution in [-0.2, 0) is 12.8 Å². The second kappa shape index (κ2) is 4.36. The number of aryl methyl sites for hydroxylation is 2. The van der Waals surface area contributed by atoms with Crippen molar-refractivity contribution < 1.29 is 0 Å². The first-order chi connectivity index (χ1) is 7.26. The van der Waals surface area contributed by atoms with E-state index >= 15 is 0 Å². The Kier molecular flexibility index (Phi) is 3.11. The highest BCUT2D eigenvalue weighted by Crippen LogP contribution is 2.35. The summed E-state index contributed by atoms with van der Waals surface area (Å²) in [6, 6.07) is 7.70. The molecule has 0 fully saturated rings. The second-order valence-corrected chi connectivity index (χ2v) is 4.51. The summed E-state index contributed by atoms with van der Waals surface area (Å²) < 4.78 is 0. The minimum absolute atomic E-state index is 0.663. The number of fused-ring (bicyclic) bond motifs is 1. The fourth-order valence-electron chi connectivity index (χ4n) is 2.53. The Bertz CT molecular complexity index is 343. The van der Waals surface area contributed by atoms with Crippen molar-refractivity contribution in [2.24, 2.45) is 0 Å². The van der Waals surface area contributed by atoms with E-state index < -0.39 is 0 Å². The number of rotatable bonds is 3. The zero-order chi connectivity index (χ0) is 10.8. The van der Waals surface area contributed by atoms with Crippen LogP contribution in [0.2, 0.25) is 0 Å². The van der Waals surface area contributed by atoms with Gasteiger partial charge in [0.1, 0.15) is 0 Å². The van der Waals surface area contributed by atoms with Crippen molar-refractivity contribution in [3.63, 3.8) is 0 Å². The molecule has 2 rings (SSSR count). The molecule has 1 aromatic rings. The predicted octanol–water partition coefficient (Wildman–Crippen LogP) is 3.19. The van der Waals surface area contributed by atoms with E-state index in [1.54, 1.807) is 11.1 Å². The van der Waals surface area contributed by atoms with Crippen molar-refractivity contribution in [2.75, 3.05) is 13.6 Å². The second-order valence-electron chi connectivity index (χ2n) is 4.51. The molecule has 15 heavy (non-hydrogen) atoms. The molecule has 0 saturated carbocycles. The summed E-state index contributed by atoms with van der Waals surface area (Å²) in [5.74, 6) is 0. The van der Waals surface area contributed by atoms with E-state index in [-0.39, 0.29) is 0 Å². The highest BCUT2D eigenvalue weighted by molar-refractivity contribution is 5.38. The normalized spacial score (nSPS) is 19.6. The molecule has 1 atom stereocenters. The minimum Gasteiger partial charge on any atom is -0.300 e. The van der Waals surface area contributed by atoms with Crippen LogP contribution in [0, 0.1) is 0 Å². The van der Waals surface area contributed by atoms with Gasteiger partial charge < -0.3 is 0 Å². The van der Waals surface area contributed by atoms with Crippen LogP contribution < -0.4 is 0 Å². The lowest BCUT2D eigenvalue weighted by molar-refractivity contribution is 0.257. The molecule has 1 heteroatoms. The molecular weight excluding hydrogens is 182 g/mol. The summed E-state index contributed by atoms with van der Waals surface area (Å²) in [6.45, 7) is 5.61. The molecule has 1 aliphatic rings. The Morgan fingerprint density at radius 2 is 2.13 bits per heavy atom. The topological polar surface area (TPSA) is 3.24 Å².